The molecular weight excluding hydrogens is 1270 g/mol. The predicted molar refractivity (Wildman–Crippen MR) is 342 cm³/mol. The van der Waals surface area contributed by atoms with E-state index in [0.29, 0.717) is 122 Å². The summed E-state index contributed by atoms with van der Waals surface area (Å²) in [6.45, 7) is 14.0. The zero-order chi connectivity index (χ0) is 63.3. The third-order valence-electron chi connectivity index (χ3n) is 18.5. The van der Waals surface area contributed by atoms with E-state index in [1.54, 1.807) is 38.1 Å². The second-order valence-electron chi connectivity index (χ2n) is 24.7. The van der Waals surface area contributed by atoms with Gasteiger partial charge in [-0.05, 0) is 182 Å². The number of anilines is 3. The molecule has 3 aliphatic heterocycles. The van der Waals surface area contributed by atoms with Gasteiger partial charge in [-0.25, -0.2) is 68.1 Å². The minimum absolute atomic E-state index is 0.00353. The molecule has 0 spiro atoms. The van der Waals surface area contributed by atoms with Crippen LogP contribution in [0.1, 0.15) is 130 Å². The third kappa shape index (κ3) is 14.8. The minimum Gasteiger partial charge on any atom is -0.365 e. The Hall–Kier alpha value is -5.34. The summed E-state index contributed by atoms with van der Waals surface area (Å²) in [4.78, 5) is 77.7. The molecule has 3 saturated heterocycles. The molecule has 4 saturated carbocycles. The van der Waals surface area contributed by atoms with Crippen LogP contribution in [0.4, 0.5) is 17.5 Å². The first-order valence-corrected chi connectivity index (χ1v) is 36.8. The lowest BCUT2D eigenvalue weighted by Crippen LogP contribution is -2.41. The molecule has 6 aromatic rings. The lowest BCUT2D eigenvalue weighted by atomic mass is 9.98. The molecule has 7 fully saturated rings. The normalized spacial score (nSPS) is 21.7. The fraction of sp³-hybridized carbons (Fsp3) is 0.679. The van der Waals surface area contributed by atoms with Gasteiger partial charge in [-0.1, -0.05) is 0 Å². The van der Waals surface area contributed by atoms with Crippen molar-refractivity contribution in [1.29, 1.82) is 0 Å². The Morgan fingerprint density at radius 1 is 0.449 bits per heavy atom. The van der Waals surface area contributed by atoms with Gasteiger partial charge >= 0.3 is 0 Å². The average Bonchev–Trinajstić information content (AvgIpc) is 1.37. The van der Waals surface area contributed by atoms with Crippen LogP contribution in [0.2, 0.25) is 15.9 Å². The molecule has 13 rings (SSSR count). The predicted octanol–water partition coefficient (Wildman–Crippen LogP) is 6.22. The van der Waals surface area contributed by atoms with E-state index in [0.717, 1.165) is 77.0 Å². The fourth-order valence-electron chi connectivity index (χ4n) is 12.3. The van der Waals surface area contributed by atoms with Gasteiger partial charge in [0.05, 0.1) is 35.3 Å². The van der Waals surface area contributed by atoms with E-state index in [4.69, 9.17) is 34.8 Å². The quantitative estimate of drug-likeness (QED) is 0.0674. The van der Waals surface area contributed by atoms with E-state index in [2.05, 4.69) is 60.8 Å². The topological polar surface area (TPSA) is 330 Å². The molecule has 4 aliphatic carbocycles. The highest BCUT2D eigenvalue weighted by atomic mass is 35.5. The van der Waals surface area contributed by atoms with Crippen LogP contribution in [0.15, 0.2) is 33.0 Å². The average molecular weight is 1350 g/mol. The summed E-state index contributed by atoms with van der Waals surface area (Å²) in [5, 5.41) is 9.64. The van der Waals surface area contributed by atoms with Crippen LogP contribution in [0.25, 0.3) is 33.5 Å². The number of nitrogens with one attached hydrogen (secondary N) is 3. The number of sulfonamides is 3. The zero-order valence-electron chi connectivity index (χ0n) is 50.5. The number of hydrogen-bond donors (Lipinski definition) is 3. The van der Waals surface area contributed by atoms with Gasteiger partial charge in [-0.2, -0.15) is 15.0 Å². The van der Waals surface area contributed by atoms with E-state index >= 15 is 0 Å². The van der Waals surface area contributed by atoms with Crippen molar-refractivity contribution in [2.24, 2.45) is 35.5 Å². The Labute approximate surface area is 531 Å². The van der Waals surface area contributed by atoms with Gasteiger partial charge in [0.25, 0.3) is 16.7 Å². The van der Waals surface area contributed by atoms with E-state index < -0.39 is 30.1 Å². The van der Waals surface area contributed by atoms with Crippen molar-refractivity contribution in [1.82, 2.24) is 71.5 Å². The van der Waals surface area contributed by atoms with Crippen LogP contribution in [-0.2, 0) is 30.1 Å². The van der Waals surface area contributed by atoms with E-state index in [9.17, 15) is 39.6 Å². The summed E-state index contributed by atoms with van der Waals surface area (Å²) in [5.74, 6) is 2.88. The molecule has 0 amide bonds. The van der Waals surface area contributed by atoms with Gasteiger partial charge in [0.15, 0.2) is 34.4 Å². The minimum atomic E-state index is -3.18. The maximum atomic E-state index is 13.3. The highest BCUT2D eigenvalue weighted by molar-refractivity contribution is 7.90. The van der Waals surface area contributed by atoms with Gasteiger partial charge < -0.3 is 16.0 Å². The smallest absolute Gasteiger partial charge is 0.295 e. The molecular formula is C56H77Cl3N18O9S3. The Balaban J connectivity index is 0.000000138. The maximum absolute atomic E-state index is 13.3. The van der Waals surface area contributed by atoms with Crippen LogP contribution < -0.4 is 32.6 Å². The first-order chi connectivity index (χ1) is 42.4. The standard InChI is InChI=1S/C20H27ClN6O3S.2C18H25ClN6O3S/c1-12(14-2-3-14)27-18-16(11-23-20(21)25-18)24-17(19(27)28)22-10-13-6-8-26(9-7-13)31(29,30)15-4-5-15;2*1-3-29(27,28)24-7-6-12(10-24)8-20-15-17(26)25(11(2)13-4-5-13)16-14(22-15)9-21-18(19)23-16/h11-15H,2-10H2,1H3,(H,22,24);2*9,11-13H,3-8,10H2,1-2H3,(H,20,22)/t12-;11-,12?;11-,12+/m000/s1. The lowest BCUT2D eigenvalue weighted by Gasteiger charge is -2.31. The largest absolute Gasteiger partial charge is 0.365 e. The molecule has 27 nitrogen and oxygen atoms in total. The molecule has 89 heavy (non-hydrogen) atoms. The van der Waals surface area contributed by atoms with Gasteiger partial charge in [0.2, 0.25) is 45.9 Å². The first kappa shape index (κ1) is 65.2. The SMILES string of the molecule is CCS(=O)(=O)N1CCC(CNc2nc3cnc(Cl)nc3n([C@@H](C)C3CC3)c2=O)C1.CCS(=O)(=O)N1CC[C@H](CNc2nc3cnc(Cl)nc3n([C@@H](C)C3CC3)c2=O)C1.C[C@@H](C1CC1)n1c(=O)c(NCC2CCN(S(=O)(=O)C3CC3)CC2)nc2cnc(Cl)nc21. The Morgan fingerprint density at radius 3 is 1.06 bits per heavy atom. The van der Waals surface area contributed by atoms with Crippen LogP contribution >= 0.6 is 34.8 Å². The van der Waals surface area contributed by atoms with Gasteiger partial charge in [0.1, 0.15) is 16.6 Å². The van der Waals surface area contributed by atoms with Crippen molar-refractivity contribution in [2.45, 2.75) is 135 Å². The molecule has 484 valence electrons. The van der Waals surface area contributed by atoms with Crippen LogP contribution in [-0.4, -0.2) is 172 Å². The van der Waals surface area contributed by atoms with Crippen molar-refractivity contribution >= 4 is 116 Å². The van der Waals surface area contributed by atoms with Crippen molar-refractivity contribution in [3.05, 3.63) is 65.5 Å². The van der Waals surface area contributed by atoms with E-state index in [1.807, 2.05) is 20.8 Å². The number of rotatable bonds is 21. The third-order valence-corrected chi connectivity index (χ3v) is 25.2. The van der Waals surface area contributed by atoms with Crippen LogP contribution in [0.5, 0.6) is 0 Å². The summed E-state index contributed by atoms with van der Waals surface area (Å²) < 4.78 is 82.8. The van der Waals surface area contributed by atoms with Gasteiger partial charge in [0, 0.05) is 77.0 Å². The number of nitrogens with zero attached hydrogens (tertiary/aromatic N) is 15. The number of fused-ring (bicyclic) bond motifs is 3. The fourth-order valence-corrected chi connectivity index (χ4v) is 16.9. The summed E-state index contributed by atoms with van der Waals surface area (Å²) >= 11 is 17.9. The zero-order valence-corrected chi connectivity index (χ0v) is 55.2. The number of hydrogen-bond acceptors (Lipinski definition) is 21. The number of halogens is 3. The van der Waals surface area contributed by atoms with Crippen molar-refractivity contribution in [3.63, 3.8) is 0 Å². The molecule has 6 aromatic heterocycles. The Bertz CT molecular complexity index is 3990. The molecule has 0 aromatic carbocycles. The first-order valence-electron chi connectivity index (χ1n) is 30.9. The molecule has 7 aliphatic rings. The lowest BCUT2D eigenvalue weighted by molar-refractivity contribution is 0.281. The van der Waals surface area contributed by atoms with Crippen molar-refractivity contribution in [2.75, 3.05) is 86.4 Å². The highest BCUT2D eigenvalue weighted by Crippen LogP contribution is 2.42. The summed E-state index contributed by atoms with van der Waals surface area (Å²) in [6.07, 6.45) is 15.8. The van der Waals surface area contributed by atoms with E-state index in [-0.39, 0.29) is 90.9 Å². The summed E-state index contributed by atoms with van der Waals surface area (Å²) in [7, 11) is -9.47. The van der Waals surface area contributed by atoms with Crippen LogP contribution in [0.3, 0.4) is 0 Å². The van der Waals surface area contributed by atoms with E-state index in [1.165, 1.54) is 21.0 Å². The Kier molecular flexibility index (Phi) is 19.6. The molecule has 0 bridgehead atoms. The maximum Gasteiger partial charge on any atom is 0.295 e. The second-order valence-corrected chi connectivity index (χ2v) is 32.5. The van der Waals surface area contributed by atoms with Gasteiger partial charge in [-0.3, -0.25) is 28.1 Å². The van der Waals surface area contributed by atoms with Crippen molar-refractivity contribution < 1.29 is 25.3 Å². The van der Waals surface area contributed by atoms with Crippen molar-refractivity contribution in [3.8, 4) is 0 Å². The summed E-state index contributed by atoms with van der Waals surface area (Å²) in [6, 6.07) is 0.00718. The van der Waals surface area contributed by atoms with Crippen LogP contribution in [0, 0.1) is 35.5 Å². The number of aromatic nitrogens is 12. The Morgan fingerprint density at radius 2 is 0.753 bits per heavy atom. The molecule has 5 atom stereocenters. The molecule has 3 N–H and O–H groups in total. The number of piperidine rings is 1. The molecule has 0 radical (unpaired) electrons. The summed E-state index contributed by atoms with van der Waals surface area (Å²) in [5.41, 5.74) is 2.23. The highest BCUT2D eigenvalue weighted by Gasteiger charge is 2.42. The monoisotopic (exact) mass is 1350 g/mol. The van der Waals surface area contributed by atoms with Gasteiger partial charge in [-0.15, -0.1) is 0 Å². The molecule has 9 heterocycles. The molecule has 1 unspecified atom stereocenters. The second kappa shape index (κ2) is 26.7. The molecule has 33 heteroatoms.